The van der Waals surface area contributed by atoms with Gasteiger partial charge in [0.25, 0.3) is 0 Å². The molecule has 1 unspecified atom stereocenters. The van der Waals surface area contributed by atoms with Crippen LogP contribution in [0.4, 0.5) is 0 Å². The molecule has 36 heavy (non-hydrogen) atoms. The minimum Gasteiger partial charge on any atom is -0.333 e. The van der Waals surface area contributed by atoms with E-state index >= 15 is 0 Å². The summed E-state index contributed by atoms with van der Waals surface area (Å²) in [6.45, 7) is 6.87. The van der Waals surface area contributed by atoms with E-state index in [1.807, 2.05) is 0 Å². The number of para-hydroxylation sites is 1. The van der Waals surface area contributed by atoms with Crippen LogP contribution in [0.2, 0.25) is 0 Å². The number of hydrogen-bond donors (Lipinski definition) is 0. The fraction of sp³-hybridized carbons (Fsp3) is 0.235. The first-order valence-corrected chi connectivity index (χ1v) is 13.9. The molecule has 0 bridgehead atoms. The van der Waals surface area contributed by atoms with Crippen LogP contribution < -0.4 is 0 Å². The second kappa shape index (κ2) is 9.41. The number of aromatic nitrogens is 1. The largest absolute Gasteiger partial charge is 0.333 e. The van der Waals surface area contributed by atoms with Crippen LogP contribution in [0, 0.1) is 6.92 Å². The van der Waals surface area contributed by atoms with Crippen molar-refractivity contribution in [3.05, 3.63) is 112 Å². The van der Waals surface area contributed by atoms with E-state index in [0.29, 0.717) is 6.04 Å². The summed E-state index contributed by atoms with van der Waals surface area (Å²) in [6.07, 6.45) is 17.9. The van der Waals surface area contributed by atoms with Gasteiger partial charge in [-0.3, -0.25) is 0 Å². The Morgan fingerprint density at radius 2 is 1.83 bits per heavy atom. The van der Waals surface area contributed by atoms with Gasteiger partial charge >= 0.3 is 0 Å². The summed E-state index contributed by atoms with van der Waals surface area (Å²) in [5, 5.41) is 2.69. The molecule has 0 amide bonds. The van der Waals surface area contributed by atoms with Crippen LogP contribution in [0.25, 0.3) is 38.5 Å². The highest BCUT2D eigenvalue weighted by atomic mass is 79.9. The maximum Gasteiger partial charge on any atom is 0.0560 e. The lowest BCUT2D eigenvalue weighted by Crippen LogP contribution is -2.09. The van der Waals surface area contributed by atoms with E-state index in [0.717, 1.165) is 30.2 Å². The lowest BCUT2D eigenvalue weighted by molar-refractivity contribution is 0.647. The molecule has 0 fully saturated rings. The first-order valence-electron chi connectivity index (χ1n) is 13.1. The summed E-state index contributed by atoms with van der Waals surface area (Å²) >= 11 is 3.81. The van der Waals surface area contributed by atoms with Gasteiger partial charge in [-0.1, -0.05) is 83.6 Å². The number of allylic oxidation sites excluding steroid dienone is 8. The Hall–Kier alpha value is -3.10. The molecule has 0 aliphatic heterocycles. The molecule has 3 aromatic carbocycles. The smallest absolute Gasteiger partial charge is 0.0560 e. The highest BCUT2D eigenvalue weighted by Gasteiger charge is 2.24. The lowest BCUT2D eigenvalue weighted by atomic mass is 9.83. The average molecular weight is 535 g/mol. The molecule has 180 valence electrons. The number of halogens is 1. The zero-order valence-corrected chi connectivity index (χ0v) is 22.9. The fourth-order valence-corrected chi connectivity index (χ4v) is 6.73. The Morgan fingerprint density at radius 1 is 0.972 bits per heavy atom. The van der Waals surface area contributed by atoms with E-state index < -0.39 is 0 Å². The first-order chi connectivity index (χ1) is 17.6. The molecule has 6 rings (SSSR count). The van der Waals surface area contributed by atoms with E-state index in [4.69, 9.17) is 0 Å². The molecule has 0 saturated carbocycles. The van der Waals surface area contributed by atoms with Gasteiger partial charge in [0.2, 0.25) is 0 Å². The molecule has 4 aromatic rings. The van der Waals surface area contributed by atoms with Crippen LogP contribution >= 0.6 is 15.9 Å². The maximum absolute atomic E-state index is 3.81. The topological polar surface area (TPSA) is 4.93 Å². The normalized spacial score (nSPS) is 17.6. The van der Waals surface area contributed by atoms with Crippen molar-refractivity contribution in [2.45, 2.75) is 52.5 Å². The monoisotopic (exact) mass is 533 g/mol. The zero-order valence-electron chi connectivity index (χ0n) is 21.3. The van der Waals surface area contributed by atoms with E-state index in [1.165, 1.54) is 60.8 Å². The predicted octanol–water partition coefficient (Wildman–Crippen LogP) is 10.3. The summed E-state index contributed by atoms with van der Waals surface area (Å²) in [5.74, 6) is 0. The molecule has 1 heterocycles. The van der Waals surface area contributed by atoms with Crippen molar-refractivity contribution < 1.29 is 0 Å². The van der Waals surface area contributed by atoms with Gasteiger partial charge in [-0.05, 0) is 103 Å². The average Bonchev–Trinajstić information content (AvgIpc) is 3.24. The summed E-state index contributed by atoms with van der Waals surface area (Å²) in [7, 11) is 0. The highest BCUT2D eigenvalue weighted by molar-refractivity contribution is 9.10. The summed E-state index contributed by atoms with van der Waals surface area (Å²) in [6, 6.07) is 18.7. The van der Waals surface area contributed by atoms with Gasteiger partial charge in [-0.25, -0.2) is 0 Å². The van der Waals surface area contributed by atoms with E-state index in [2.05, 4.69) is 126 Å². The molecule has 1 aromatic heterocycles. The van der Waals surface area contributed by atoms with Crippen LogP contribution in [0.1, 0.15) is 55.8 Å². The molecule has 1 nitrogen and oxygen atoms in total. The van der Waals surface area contributed by atoms with Gasteiger partial charge in [0.15, 0.2) is 0 Å². The maximum atomic E-state index is 3.81. The Morgan fingerprint density at radius 3 is 2.61 bits per heavy atom. The van der Waals surface area contributed by atoms with Crippen molar-refractivity contribution in [3.8, 4) is 11.1 Å². The predicted molar refractivity (Wildman–Crippen MR) is 160 cm³/mol. The van der Waals surface area contributed by atoms with Gasteiger partial charge in [0, 0.05) is 20.8 Å². The van der Waals surface area contributed by atoms with Crippen LogP contribution in [0.3, 0.4) is 0 Å². The number of aryl methyl sites for hydroxylation is 2. The Bertz CT molecular complexity index is 1620. The van der Waals surface area contributed by atoms with Gasteiger partial charge in [0.1, 0.15) is 0 Å². The van der Waals surface area contributed by atoms with Crippen molar-refractivity contribution in [1.29, 1.82) is 0 Å². The van der Waals surface area contributed by atoms with Crippen molar-refractivity contribution in [2.24, 2.45) is 0 Å². The van der Waals surface area contributed by atoms with Crippen LogP contribution in [-0.2, 0) is 6.42 Å². The van der Waals surface area contributed by atoms with Crippen LogP contribution in [0.15, 0.2) is 95.0 Å². The minimum atomic E-state index is 0.327. The van der Waals surface area contributed by atoms with Gasteiger partial charge in [-0.15, -0.1) is 0 Å². The zero-order chi connectivity index (χ0) is 24.8. The number of nitrogens with zero attached hydrogens (tertiary/aromatic N) is 1. The third-order valence-electron chi connectivity index (χ3n) is 7.91. The van der Waals surface area contributed by atoms with E-state index in [-0.39, 0.29) is 0 Å². The number of rotatable bonds is 4. The third-order valence-corrected chi connectivity index (χ3v) is 8.37. The summed E-state index contributed by atoms with van der Waals surface area (Å²) in [5.41, 5.74) is 12.4. The number of benzene rings is 3. The highest BCUT2D eigenvalue weighted by Crippen LogP contribution is 2.45. The van der Waals surface area contributed by atoms with Crippen molar-refractivity contribution in [1.82, 2.24) is 4.57 Å². The van der Waals surface area contributed by atoms with Crippen LogP contribution in [0.5, 0.6) is 0 Å². The second-order valence-corrected chi connectivity index (χ2v) is 11.0. The van der Waals surface area contributed by atoms with E-state index in [1.54, 1.807) is 0 Å². The Kier molecular flexibility index (Phi) is 6.09. The molecule has 0 spiro atoms. The van der Waals surface area contributed by atoms with E-state index in [9.17, 15) is 0 Å². The third kappa shape index (κ3) is 3.83. The SMILES string of the molecule is CCc1cc(Br)cc(-c2cc3c4ccccc4n(C4C=CC=CC4)c3c(C)c2C2=C(C)C=CCC2)c1. The van der Waals surface area contributed by atoms with Crippen molar-refractivity contribution >= 4 is 43.3 Å². The van der Waals surface area contributed by atoms with Gasteiger partial charge in [-0.2, -0.15) is 0 Å². The van der Waals surface area contributed by atoms with Crippen molar-refractivity contribution in [3.63, 3.8) is 0 Å². The Labute approximate surface area is 222 Å². The molecule has 0 N–H and O–H groups in total. The number of hydrogen-bond acceptors (Lipinski definition) is 0. The molecule has 2 heteroatoms. The molecular weight excluding hydrogens is 502 g/mol. The lowest BCUT2D eigenvalue weighted by Gasteiger charge is -2.24. The number of fused-ring (bicyclic) bond motifs is 3. The molecule has 0 radical (unpaired) electrons. The molecular formula is C34H32BrN. The van der Waals surface area contributed by atoms with Gasteiger partial charge in [0.05, 0.1) is 11.6 Å². The molecule has 0 saturated heterocycles. The molecule has 2 aliphatic carbocycles. The standard InChI is InChI=1S/C34H32BrN/c1-4-24-18-25(20-26(35)19-24)30-21-31-29-16-10-11-17-32(29)36(27-13-6-5-7-14-27)34(31)23(3)33(30)28-15-9-8-12-22(28)2/h5-8,10-13,16-21,27H,4,9,14-15H2,1-3H3. The quantitative estimate of drug-likeness (QED) is 0.245. The van der Waals surface area contributed by atoms with Crippen LogP contribution in [-0.4, -0.2) is 4.57 Å². The first kappa shape index (κ1) is 23.3. The summed E-state index contributed by atoms with van der Waals surface area (Å²) < 4.78 is 3.75. The Balaban J connectivity index is 1.77. The van der Waals surface area contributed by atoms with Gasteiger partial charge < -0.3 is 4.57 Å². The molecule has 2 aliphatic rings. The summed E-state index contributed by atoms with van der Waals surface area (Å²) in [4.78, 5) is 0. The second-order valence-electron chi connectivity index (χ2n) is 10.1. The fourth-order valence-electron chi connectivity index (χ4n) is 6.19. The molecule has 1 atom stereocenters. The van der Waals surface area contributed by atoms with Crippen molar-refractivity contribution in [2.75, 3.05) is 0 Å². The minimum absolute atomic E-state index is 0.327.